The van der Waals surface area contributed by atoms with Gasteiger partial charge in [-0.05, 0) is 50.3 Å². The average Bonchev–Trinajstić information content (AvgIpc) is 3.44. The van der Waals surface area contributed by atoms with Crippen LogP contribution in [0.15, 0.2) is 35.7 Å². The van der Waals surface area contributed by atoms with E-state index in [1.54, 1.807) is 11.3 Å². The van der Waals surface area contributed by atoms with Gasteiger partial charge in [-0.15, -0.1) is 11.3 Å². The number of benzene rings is 1. The fourth-order valence-electron chi connectivity index (χ4n) is 4.56. The number of likely N-dealkylation sites (tertiary alicyclic amines) is 1. The molecule has 0 spiro atoms. The quantitative estimate of drug-likeness (QED) is 0.687. The van der Waals surface area contributed by atoms with E-state index in [4.69, 9.17) is 9.97 Å². The van der Waals surface area contributed by atoms with Crippen LogP contribution in [0.1, 0.15) is 31.5 Å². The molecule has 0 bridgehead atoms. The van der Waals surface area contributed by atoms with Crippen LogP contribution < -0.4 is 4.90 Å². The van der Waals surface area contributed by atoms with Crippen molar-refractivity contribution >= 4 is 27.4 Å². The molecule has 0 radical (unpaired) electrons. The second kappa shape index (κ2) is 8.38. The summed E-state index contributed by atoms with van der Waals surface area (Å²) in [7, 11) is 0. The molecule has 29 heavy (non-hydrogen) atoms. The van der Waals surface area contributed by atoms with Gasteiger partial charge in [-0.1, -0.05) is 30.3 Å². The molecule has 2 saturated heterocycles. The number of anilines is 1. The molecule has 1 N–H and O–H groups in total. The van der Waals surface area contributed by atoms with E-state index < -0.39 is 0 Å². The van der Waals surface area contributed by atoms with Crippen LogP contribution in [-0.2, 0) is 6.54 Å². The first kappa shape index (κ1) is 19.0. The molecule has 2 aliphatic rings. The van der Waals surface area contributed by atoms with Crippen LogP contribution >= 0.6 is 11.3 Å². The van der Waals surface area contributed by atoms with Crippen molar-refractivity contribution in [3.8, 4) is 11.1 Å². The molecule has 4 heterocycles. The second-order valence-electron chi connectivity index (χ2n) is 8.26. The molecule has 6 heteroatoms. The van der Waals surface area contributed by atoms with Crippen molar-refractivity contribution < 1.29 is 5.11 Å². The fourth-order valence-corrected chi connectivity index (χ4v) is 5.52. The van der Waals surface area contributed by atoms with Gasteiger partial charge in [0.05, 0.1) is 11.9 Å². The van der Waals surface area contributed by atoms with Crippen LogP contribution in [0.2, 0.25) is 0 Å². The van der Waals surface area contributed by atoms with Crippen molar-refractivity contribution in [1.29, 1.82) is 0 Å². The van der Waals surface area contributed by atoms with Crippen LogP contribution in [0.5, 0.6) is 0 Å². The third-order valence-electron chi connectivity index (χ3n) is 6.28. The number of hydrogen-bond acceptors (Lipinski definition) is 6. The first-order valence-corrected chi connectivity index (χ1v) is 11.6. The summed E-state index contributed by atoms with van der Waals surface area (Å²) < 4.78 is 0. The number of nitrogens with zero attached hydrogens (tertiary/aromatic N) is 4. The molecule has 152 valence electrons. The number of aliphatic hydroxyl groups excluding tert-OH is 1. The van der Waals surface area contributed by atoms with Crippen LogP contribution in [-0.4, -0.2) is 52.8 Å². The van der Waals surface area contributed by atoms with E-state index in [0.717, 1.165) is 62.0 Å². The maximum Gasteiger partial charge on any atom is 0.146 e. The van der Waals surface area contributed by atoms with Crippen LogP contribution in [0.4, 0.5) is 5.82 Å². The van der Waals surface area contributed by atoms with Crippen molar-refractivity contribution in [2.24, 2.45) is 5.92 Å². The Kier molecular flexibility index (Phi) is 5.48. The van der Waals surface area contributed by atoms with E-state index in [1.807, 2.05) is 0 Å². The molecule has 5 nitrogen and oxygen atoms in total. The zero-order valence-electron chi connectivity index (χ0n) is 16.8. The van der Waals surface area contributed by atoms with Gasteiger partial charge in [0.2, 0.25) is 0 Å². The molecule has 0 amide bonds. The third kappa shape index (κ3) is 3.89. The highest BCUT2D eigenvalue weighted by Crippen LogP contribution is 2.39. The zero-order chi connectivity index (χ0) is 19.6. The van der Waals surface area contributed by atoms with Crippen molar-refractivity contribution in [2.75, 3.05) is 37.7 Å². The monoisotopic (exact) mass is 408 g/mol. The number of aliphatic hydroxyl groups is 1. The lowest BCUT2D eigenvalue weighted by Gasteiger charge is -2.32. The molecule has 5 rings (SSSR count). The molecule has 3 aromatic rings. The number of hydrogen-bond donors (Lipinski definition) is 1. The van der Waals surface area contributed by atoms with E-state index in [1.165, 1.54) is 29.4 Å². The predicted octanol–water partition coefficient (Wildman–Crippen LogP) is 4.16. The minimum Gasteiger partial charge on any atom is -0.396 e. The highest BCUT2D eigenvalue weighted by molar-refractivity contribution is 7.17. The SMILES string of the molecule is OCC1CCN(c2nc(CN3CCCC3)nc3scc(-c4ccccc4)c23)CC1. The lowest BCUT2D eigenvalue weighted by atomic mass is 9.97. The summed E-state index contributed by atoms with van der Waals surface area (Å²) in [5.41, 5.74) is 2.46. The van der Waals surface area contributed by atoms with Gasteiger partial charge in [0, 0.05) is 30.6 Å². The Balaban J connectivity index is 1.57. The molecule has 0 atom stereocenters. The molecule has 0 saturated carbocycles. The lowest BCUT2D eigenvalue weighted by Crippen LogP contribution is -2.35. The van der Waals surface area contributed by atoms with Crippen LogP contribution in [0.25, 0.3) is 21.3 Å². The van der Waals surface area contributed by atoms with Gasteiger partial charge in [-0.3, -0.25) is 4.90 Å². The molecular formula is C23H28N4OS. The van der Waals surface area contributed by atoms with Gasteiger partial charge >= 0.3 is 0 Å². The van der Waals surface area contributed by atoms with Gasteiger partial charge in [-0.2, -0.15) is 0 Å². The smallest absolute Gasteiger partial charge is 0.146 e. The van der Waals surface area contributed by atoms with Gasteiger partial charge in [0.25, 0.3) is 0 Å². The lowest BCUT2D eigenvalue weighted by molar-refractivity contribution is 0.203. The first-order chi connectivity index (χ1) is 14.3. The van der Waals surface area contributed by atoms with Crippen molar-refractivity contribution in [3.05, 3.63) is 41.5 Å². The van der Waals surface area contributed by atoms with E-state index in [-0.39, 0.29) is 0 Å². The van der Waals surface area contributed by atoms with Gasteiger partial charge < -0.3 is 10.0 Å². The van der Waals surface area contributed by atoms with Crippen molar-refractivity contribution in [2.45, 2.75) is 32.2 Å². The molecule has 0 unspecified atom stereocenters. The second-order valence-corrected chi connectivity index (χ2v) is 9.11. The summed E-state index contributed by atoms with van der Waals surface area (Å²) in [6, 6.07) is 10.6. The summed E-state index contributed by atoms with van der Waals surface area (Å²) in [5, 5.41) is 13.0. The highest BCUT2D eigenvalue weighted by atomic mass is 32.1. The van der Waals surface area contributed by atoms with E-state index in [0.29, 0.717) is 12.5 Å². The Morgan fingerprint density at radius 2 is 1.76 bits per heavy atom. The molecule has 2 fully saturated rings. The number of fused-ring (bicyclic) bond motifs is 1. The van der Waals surface area contributed by atoms with E-state index in [9.17, 15) is 5.11 Å². The number of thiophene rings is 1. The Labute approximate surface area is 176 Å². The fraction of sp³-hybridized carbons (Fsp3) is 0.478. The summed E-state index contributed by atoms with van der Waals surface area (Å²) >= 11 is 1.73. The topological polar surface area (TPSA) is 52.5 Å². The Morgan fingerprint density at radius 1 is 1.00 bits per heavy atom. The zero-order valence-corrected chi connectivity index (χ0v) is 17.6. The van der Waals surface area contributed by atoms with Gasteiger partial charge in [0.15, 0.2) is 0 Å². The average molecular weight is 409 g/mol. The van der Waals surface area contributed by atoms with Crippen LogP contribution in [0.3, 0.4) is 0 Å². The summed E-state index contributed by atoms with van der Waals surface area (Å²) in [6.45, 7) is 5.33. The molecule has 1 aromatic carbocycles. The number of rotatable bonds is 5. The van der Waals surface area contributed by atoms with Crippen molar-refractivity contribution in [3.63, 3.8) is 0 Å². The van der Waals surface area contributed by atoms with E-state index >= 15 is 0 Å². The normalized spacial score (nSPS) is 18.7. The molecule has 2 aliphatic heterocycles. The Bertz CT molecular complexity index is 960. The summed E-state index contributed by atoms with van der Waals surface area (Å²) in [4.78, 5) is 16.1. The van der Waals surface area contributed by atoms with Crippen molar-refractivity contribution in [1.82, 2.24) is 14.9 Å². The highest BCUT2D eigenvalue weighted by Gasteiger charge is 2.25. The molecule has 2 aromatic heterocycles. The van der Waals surface area contributed by atoms with Crippen LogP contribution in [0, 0.1) is 5.92 Å². The van der Waals surface area contributed by atoms with Gasteiger partial charge in [-0.25, -0.2) is 9.97 Å². The molecular weight excluding hydrogens is 380 g/mol. The standard InChI is InChI=1S/C23H28N4OS/c28-15-17-8-12-27(13-9-17)22-21-19(18-6-2-1-3-7-18)16-29-23(21)25-20(24-22)14-26-10-4-5-11-26/h1-3,6-7,16-17,28H,4-5,8-15H2. The van der Waals surface area contributed by atoms with Gasteiger partial charge in [0.1, 0.15) is 16.5 Å². The number of aromatic nitrogens is 2. The largest absolute Gasteiger partial charge is 0.396 e. The third-order valence-corrected chi connectivity index (χ3v) is 7.15. The maximum atomic E-state index is 9.53. The van der Waals surface area contributed by atoms with E-state index in [2.05, 4.69) is 45.5 Å². The Morgan fingerprint density at radius 3 is 2.48 bits per heavy atom. The first-order valence-electron chi connectivity index (χ1n) is 10.7. The number of piperidine rings is 1. The minimum absolute atomic E-state index is 0.293. The summed E-state index contributed by atoms with van der Waals surface area (Å²) in [6.07, 6.45) is 4.60. The summed E-state index contributed by atoms with van der Waals surface area (Å²) in [5.74, 6) is 2.45. The minimum atomic E-state index is 0.293. The maximum absolute atomic E-state index is 9.53. The Hall–Kier alpha value is -2.02. The molecule has 0 aliphatic carbocycles. The predicted molar refractivity (Wildman–Crippen MR) is 119 cm³/mol.